The van der Waals surface area contributed by atoms with E-state index in [-0.39, 0.29) is 18.8 Å². The number of esters is 1. The van der Waals surface area contributed by atoms with Gasteiger partial charge >= 0.3 is 12.1 Å². The average molecular weight is 319 g/mol. The van der Waals surface area contributed by atoms with Crippen molar-refractivity contribution in [1.29, 1.82) is 0 Å². The predicted octanol–water partition coefficient (Wildman–Crippen LogP) is 2.12. The molecule has 2 aliphatic rings. The molecule has 2 saturated heterocycles. The van der Waals surface area contributed by atoms with Crippen molar-refractivity contribution in [3.05, 3.63) is 35.9 Å². The Morgan fingerprint density at radius 1 is 1.26 bits per heavy atom. The van der Waals surface area contributed by atoms with E-state index in [1.807, 2.05) is 30.3 Å². The fourth-order valence-electron chi connectivity index (χ4n) is 2.65. The van der Waals surface area contributed by atoms with Crippen LogP contribution in [0.5, 0.6) is 0 Å². The van der Waals surface area contributed by atoms with Crippen LogP contribution in [-0.2, 0) is 25.6 Å². The van der Waals surface area contributed by atoms with Crippen LogP contribution in [-0.4, -0.2) is 47.4 Å². The number of epoxide rings is 1. The molecule has 2 fully saturated rings. The lowest BCUT2D eigenvalue weighted by Crippen LogP contribution is -2.47. The first-order valence-electron chi connectivity index (χ1n) is 7.71. The summed E-state index contributed by atoms with van der Waals surface area (Å²) in [5, 5.41) is 0. The van der Waals surface area contributed by atoms with Crippen molar-refractivity contribution in [2.75, 3.05) is 6.54 Å². The van der Waals surface area contributed by atoms with E-state index in [0.717, 1.165) is 5.56 Å². The Morgan fingerprint density at radius 3 is 2.61 bits per heavy atom. The van der Waals surface area contributed by atoms with Crippen molar-refractivity contribution in [1.82, 2.24) is 4.90 Å². The first-order chi connectivity index (χ1) is 10.8. The predicted molar refractivity (Wildman–Crippen MR) is 81.6 cm³/mol. The van der Waals surface area contributed by atoms with Crippen LogP contribution in [0.4, 0.5) is 4.79 Å². The Hall–Kier alpha value is -2.08. The topological polar surface area (TPSA) is 68.4 Å². The molecular formula is C17H21NO5. The van der Waals surface area contributed by atoms with Gasteiger partial charge in [0.2, 0.25) is 0 Å². The molecule has 23 heavy (non-hydrogen) atoms. The molecule has 6 heteroatoms. The van der Waals surface area contributed by atoms with Gasteiger partial charge in [-0.05, 0) is 26.3 Å². The first kappa shape index (κ1) is 15.8. The van der Waals surface area contributed by atoms with Crippen LogP contribution >= 0.6 is 0 Å². The number of likely N-dealkylation sites (tertiary alicyclic amines) is 1. The highest BCUT2D eigenvalue weighted by Crippen LogP contribution is 2.38. The lowest BCUT2D eigenvalue weighted by atomic mass is 10.2. The zero-order valence-electron chi connectivity index (χ0n) is 13.5. The monoisotopic (exact) mass is 319 g/mol. The number of nitrogens with zero attached hydrogens (tertiary/aromatic N) is 1. The minimum atomic E-state index is -0.724. The van der Waals surface area contributed by atoms with Gasteiger partial charge in [0, 0.05) is 0 Å². The molecule has 3 atom stereocenters. The molecule has 0 aromatic heterocycles. The Balaban J connectivity index is 1.62. The van der Waals surface area contributed by atoms with Crippen LogP contribution in [0.2, 0.25) is 0 Å². The van der Waals surface area contributed by atoms with E-state index in [2.05, 4.69) is 0 Å². The molecule has 0 spiro atoms. The summed E-state index contributed by atoms with van der Waals surface area (Å²) >= 11 is 0. The lowest BCUT2D eigenvalue weighted by molar-refractivity contribution is -0.151. The fourth-order valence-corrected chi connectivity index (χ4v) is 2.65. The summed E-state index contributed by atoms with van der Waals surface area (Å²) in [6.45, 7) is 5.92. The first-order valence-corrected chi connectivity index (χ1v) is 7.71. The number of morpholine rings is 1. The highest BCUT2D eigenvalue weighted by Gasteiger charge is 2.60. The van der Waals surface area contributed by atoms with Gasteiger partial charge < -0.3 is 14.2 Å². The molecule has 2 heterocycles. The van der Waals surface area contributed by atoms with Gasteiger partial charge in [0.25, 0.3) is 0 Å². The molecule has 0 unspecified atom stereocenters. The van der Waals surface area contributed by atoms with E-state index in [1.54, 1.807) is 20.8 Å². The molecule has 3 rings (SSSR count). The fraction of sp³-hybridized carbons (Fsp3) is 0.529. The molecular weight excluding hydrogens is 298 g/mol. The molecule has 124 valence electrons. The zero-order chi connectivity index (χ0) is 16.6. The van der Waals surface area contributed by atoms with Gasteiger partial charge in [0.1, 0.15) is 24.4 Å². The van der Waals surface area contributed by atoms with Crippen LogP contribution in [0.15, 0.2) is 30.3 Å². The third-order valence-electron chi connectivity index (χ3n) is 3.74. The minimum absolute atomic E-state index is 0.0863. The number of fused-ring (bicyclic) bond motifs is 1. The molecule has 6 nitrogen and oxygen atoms in total. The van der Waals surface area contributed by atoms with Crippen LogP contribution in [0.3, 0.4) is 0 Å². The number of amides is 1. The number of carbonyl (C=O) groups is 2. The summed E-state index contributed by atoms with van der Waals surface area (Å²) < 4.78 is 16.1. The smallest absolute Gasteiger partial charge is 0.411 e. The maximum atomic E-state index is 12.4. The Labute approximate surface area is 135 Å². The molecule has 2 aliphatic heterocycles. The van der Waals surface area contributed by atoms with E-state index < -0.39 is 23.7 Å². The number of ether oxygens (including phenoxy) is 3. The normalized spacial score (nSPS) is 25.7. The van der Waals surface area contributed by atoms with E-state index in [4.69, 9.17) is 14.2 Å². The van der Waals surface area contributed by atoms with Crippen LogP contribution in [0.1, 0.15) is 26.3 Å². The van der Waals surface area contributed by atoms with E-state index in [0.29, 0.717) is 6.54 Å². The molecule has 1 amide bonds. The van der Waals surface area contributed by atoms with Gasteiger partial charge in [-0.1, -0.05) is 30.3 Å². The molecule has 0 bridgehead atoms. The molecule has 0 N–H and O–H groups in total. The maximum Gasteiger partial charge on any atom is 0.411 e. The van der Waals surface area contributed by atoms with E-state index in [9.17, 15) is 9.59 Å². The second-order valence-corrected chi connectivity index (χ2v) is 6.81. The van der Waals surface area contributed by atoms with E-state index in [1.165, 1.54) is 4.90 Å². The largest absolute Gasteiger partial charge is 0.459 e. The summed E-state index contributed by atoms with van der Waals surface area (Å²) in [5.41, 5.74) is 0.291. The highest BCUT2D eigenvalue weighted by atomic mass is 16.6. The van der Waals surface area contributed by atoms with Crippen molar-refractivity contribution >= 4 is 12.1 Å². The lowest BCUT2D eigenvalue weighted by Gasteiger charge is -2.28. The quantitative estimate of drug-likeness (QED) is 0.630. The summed E-state index contributed by atoms with van der Waals surface area (Å²) in [6, 6.07) is 8.69. The van der Waals surface area contributed by atoms with Gasteiger partial charge in [0.15, 0.2) is 6.04 Å². The molecule has 0 saturated carbocycles. The second kappa shape index (κ2) is 5.85. The number of hydrogen-bond donors (Lipinski definition) is 0. The Kier molecular flexibility index (Phi) is 4.02. The molecule has 1 aromatic carbocycles. The van der Waals surface area contributed by atoms with Crippen molar-refractivity contribution in [2.45, 2.75) is 51.2 Å². The van der Waals surface area contributed by atoms with Crippen LogP contribution < -0.4 is 0 Å². The molecule has 0 aliphatic carbocycles. The Morgan fingerprint density at radius 2 is 1.96 bits per heavy atom. The summed E-state index contributed by atoms with van der Waals surface area (Å²) in [7, 11) is 0. The second-order valence-electron chi connectivity index (χ2n) is 6.81. The van der Waals surface area contributed by atoms with Gasteiger partial charge in [-0.3, -0.25) is 4.90 Å². The van der Waals surface area contributed by atoms with Crippen molar-refractivity contribution in [3.8, 4) is 0 Å². The van der Waals surface area contributed by atoms with Crippen molar-refractivity contribution < 1.29 is 23.8 Å². The van der Waals surface area contributed by atoms with E-state index >= 15 is 0 Å². The molecule has 1 aromatic rings. The third kappa shape index (κ3) is 3.64. The van der Waals surface area contributed by atoms with Gasteiger partial charge in [-0.25, -0.2) is 9.59 Å². The SMILES string of the molecule is CC(C)(C)OC(=O)N1C[C@@H]2O[C@@H]2[C@H]1C(=O)OCc1ccccc1. The van der Waals surface area contributed by atoms with Gasteiger partial charge in [-0.15, -0.1) is 0 Å². The third-order valence-corrected chi connectivity index (χ3v) is 3.74. The maximum absolute atomic E-state index is 12.4. The minimum Gasteiger partial charge on any atom is -0.459 e. The number of benzene rings is 1. The highest BCUT2D eigenvalue weighted by molar-refractivity contribution is 5.84. The number of hydrogen-bond acceptors (Lipinski definition) is 5. The van der Waals surface area contributed by atoms with Gasteiger partial charge in [0.05, 0.1) is 6.54 Å². The summed E-state index contributed by atoms with van der Waals surface area (Å²) in [4.78, 5) is 26.1. The van der Waals surface area contributed by atoms with Crippen LogP contribution in [0.25, 0.3) is 0 Å². The van der Waals surface area contributed by atoms with Gasteiger partial charge in [-0.2, -0.15) is 0 Å². The Bertz CT molecular complexity index is 595. The summed E-state index contributed by atoms with van der Waals surface area (Å²) in [5.74, 6) is -0.454. The molecule has 0 radical (unpaired) electrons. The average Bonchev–Trinajstić information content (AvgIpc) is 3.14. The van der Waals surface area contributed by atoms with Crippen molar-refractivity contribution in [2.24, 2.45) is 0 Å². The van der Waals surface area contributed by atoms with Crippen molar-refractivity contribution in [3.63, 3.8) is 0 Å². The van der Waals surface area contributed by atoms with Crippen LogP contribution in [0, 0.1) is 0 Å². The summed E-state index contributed by atoms with van der Waals surface area (Å²) in [6.07, 6.45) is -0.863. The number of rotatable bonds is 3. The zero-order valence-corrected chi connectivity index (χ0v) is 13.5. The number of carbonyl (C=O) groups excluding carboxylic acids is 2. The standard InChI is InChI=1S/C17H21NO5/c1-17(2,3)23-16(20)18-9-12-14(22-12)13(18)15(19)21-10-11-7-5-4-6-8-11/h4-8,12-14H,9-10H2,1-3H3/t12-,13-,14-/m0/s1.